The molecule has 0 saturated carbocycles. The Balaban J connectivity index is 2.11. The predicted molar refractivity (Wildman–Crippen MR) is 65.3 cm³/mol. The zero-order valence-electron chi connectivity index (χ0n) is 9.01. The Labute approximate surface area is 98.6 Å². The van der Waals surface area contributed by atoms with Crippen molar-refractivity contribution in [3.63, 3.8) is 0 Å². The summed E-state index contributed by atoms with van der Waals surface area (Å²) in [5.41, 5.74) is 2.03. The highest BCUT2D eigenvalue weighted by molar-refractivity contribution is 7.99. The fourth-order valence-corrected chi connectivity index (χ4v) is 1.76. The first-order chi connectivity index (χ1) is 7.75. The summed E-state index contributed by atoms with van der Waals surface area (Å²) in [7, 11) is 0. The summed E-state index contributed by atoms with van der Waals surface area (Å²) < 4.78 is 5.52. The van der Waals surface area contributed by atoms with E-state index in [4.69, 9.17) is 4.42 Å². The van der Waals surface area contributed by atoms with Crippen molar-refractivity contribution in [1.29, 1.82) is 0 Å². The van der Waals surface area contributed by atoms with Gasteiger partial charge in [-0.25, -0.2) is 0 Å². The average molecular weight is 232 g/mol. The third-order valence-electron chi connectivity index (χ3n) is 1.87. The Bertz CT molecular complexity index is 479. The molecule has 0 N–H and O–H groups in total. The molecule has 0 unspecified atom stereocenters. The van der Waals surface area contributed by atoms with E-state index in [0.717, 1.165) is 16.9 Å². The van der Waals surface area contributed by atoms with Gasteiger partial charge in [-0.05, 0) is 19.1 Å². The smallest absolute Gasteiger partial charge is 0.277 e. The lowest BCUT2D eigenvalue weighted by atomic mass is 10.2. The number of hydrogen-bond acceptors (Lipinski definition) is 4. The van der Waals surface area contributed by atoms with Crippen molar-refractivity contribution in [2.45, 2.75) is 12.1 Å². The minimum absolute atomic E-state index is 0.560. The van der Waals surface area contributed by atoms with Crippen molar-refractivity contribution in [3.8, 4) is 11.5 Å². The molecule has 1 heterocycles. The molecule has 1 aromatic heterocycles. The second-order valence-electron chi connectivity index (χ2n) is 3.48. The van der Waals surface area contributed by atoms with E-state index in [1.807, 2.05) is 37.3 Å². The lowest BCUT2D eigenvalue weighted by molar-refractivity contribution is 0.466. The van der Waals surface area contributed by atoms with Crippen LogP contribution in [0, 0.1) is 0 Å². The number of benzene rings is 1. The van der Waals surface area contributed by atoms with Gasteiger partial charge < -0.3 is 4.42 Å². The normalized spacial score (nSPS) is 10.3. The van der Waals surface area contributed by atoms with Crippen LogP contribution in [0.2, 0.25) is 0 Å². The molecule has 0 bridgehead atoms. The maximum Gasteiger partial charge on any atom is 0.277 e. The largest absolute Gasteiger partial charge is 0.411 e. The Hall–Kier alpha value is -1.55. The molecule has 16 heavy (non-hydrogen) atoms. The number of hydrogen-bond donors (Lipinski definition) is 0. The monoisotopic (exact) mass is 232 g/mol. The van der Waals surface area contributed by atoms with Crippen LogP contribution >= 0.6 is 11.8 Å². The summed E-state index contributed by atoms with van der Waals surface area (Å²) in [5.74, 6) is 1.36. The molecule has 2 aromatic rings. The van der Waals surface area contributed by atoms with Gasteiger partial charge in [0, 0.05) is 11.3 Å². The van der Waals surface area contributed by atoms with Crippen LogP contribution in [0.3, 0.4) is 0 Å². The molecule has 2 rings (SSSR count). The van der Waals surface area contributed by atoms with E-state index in [-0.39, 0.29) is 0 Å². The van der Waals surface area contributed by atoms with Crippen molar-refractivity contribution >= 4 is 11.8 Å². The minimum Gasteiger partial charge on any atom is -0.411 e. The zero-order chi connectivity index (χ0) is 11.4. The molecule has 0 saturated heterocycles. The van der Waals surface area contributed by atoms with Gasteiger partial charge in [0.25, 0.3) is 5.22 Å². The van der Waals surface area contributed by atoms with E-state index in [1.165, 1.54) is 11.8 Å². The van der Waals surface area contributed by atoms with Crippen molar-refractivity contribution in [2.75, 3.05) is 5.75 Å². The highest BCUT2D eigenvalue weighted by Crippen LogP contribution is 2.23. The van der Waals surface area contributed by atoms with Crippen molar-refractivity contribution in [2.24, 2.45) is 0 Å². The molecule has 0 aliphatic carbocycles. The Kier molecular flexibility index (Phi) is 3.41. The summed E-state index contributed by atoms with van der Waals surface area (Å²) >= 11 is 1.50. The van der Waals surface area contributed by atoms with E-state index in [9.17, 15) is 0 Å². The van der Waals surface area contributed by atoms with Crippen molar-refractivity contribution < 1.29 is 4.42 Å². The van der Waals surface area contributed by atoms with Crippen LogP contribution in [0.25, 0.3) is 11.5 Å². The molecule has 1 aromatic carbocycles. The molecule has 3 nitrogen and oxygen atoms in total. The number of rotatable bonds is 4. The van der Waals surface area contributed by atoms with Gasteiger partial charge in [0.2, 0.25) is 5.89 Å². The maximum atomic E-state index is 5.52. The van der Waals surface area contributed by atoms with Crippen LogP contribution in [0.1, 0.15) is 6.92 Å². The molecule has 0 aliphatic heterocycles. The molecule has 0 fully saturated rings. The molecular formula is C12H12N2OS. The van der Waals surface area contributed by atoms with Crippen LogP contribution in [-0.4, -0.2) is 16.0 Å². The fourth-order valence-electron chi connectivity index (χ4n) is 1.15. The minimum atomic E-state index is 0.560. The highest BCUT2D eigenvalue weighted by Gasteiger charge is 2.07. The predicted octanol–water partition coefficient (Wildman–Crippen LogP) is 3.40. The number of nitrogens with zero attached hydrogens (tertiary/aromatic N) is 2. The summed E-state index contributed by atoms with van der Waals surface area (Å²) in [4.78, 5) is 0. The first kappa shape index (κ1) is 11.0. The van der Waals surface area contributed by atoms with Gasteiger partial charge in [-0.1, -0.05) is 42.1 Å². The third-order valence-corrected chi connectivity index (χ3v) is 2.92. The van der Waals surface area contributed by atoms with Gasteiger partial charge in [0.05, 0.1) is 0 Å². The molecular weight excluding hydrogens is 220 g/mol. The molecule has 0 radical (unpaired) electrons. The van der Waals surface area contributed by atoms with Gasteiger partial charge in [0.15, 0.2) is 0 Å². The van der Waals surface area contributed by atoms with Gasteiger partial charge in [0.1, 0.15) is 0 Å². The molecule has 0 aliphatic rings. The van der Waals surface area contributed by atoms with Crippen LogP contribution in [0.4, 0.5) is 0 Å². The summed E-state index contributed by atoms with van der Waals surface area (Å²) in [6.07, 6.45) is 0. The third kappa shape index (κ3) is 2.73. The first-order valence-corrected chi connectivity index (χ1v) is 5.90. The van der Waals surface area contributed by atoms with Gasteiger partial charge in [-0.3, -0.25) is 0 Å². The van der Waals surface area contributed by atoms with Crippen LogP contribution in [0.15, 0.2) is 52.1 Å². The topological polar surface area (TPSA) is 38.9 Å². The molecule has 82 valence electrons. The number of thioether (sulfide) groups is 1. The maximum absolute atomic E-state index is 5.52. The van der Waals surface area contributed by atoms with Crippen LogP contribution in [-0.2, 0) is 0 Å². The lowest BCUT2D eigenvalue weighted by Crippen LogP contribution is -1.78. The van der Waals surface area contributed by atoms with Crippen molar-refractivity contribution in [3.05, 3.63) is 42.5 Å². The van der Waals surface area contributed by atoms with Gasteiger partial charge >= 0.3 is 0 Å². The summed E-state index contributed by atoms with van der Waals surface area (Å²) in [6, 6.07) is 9.73. The average Bonchev–Trinajstić information content (AvgIpc) is 2.76. The molecule has 0 atom stereocenters. The standard InChI is InChI=1S/C12H12N2OS/c1-9(2)8-16-12-14-13-11(15-12)10-6-4-3-5-7-10/h3-7H,1,8H2,2H3. The Morgan fingerprint density at radius 2 is 2.06 bits per heavy atom. The zero-order valence-corrected chi connectivity index (χ0v) is 9.83. The first-order valence-electron chi connectivity index (χ1n) is 4.92. The fraction of sp³-hybridized carbons (Fsp3) is 0.167. The quantitative estimate of drug-likeness (QED) is 0.598. The van der Waals surface area contributed by atoms with Gasteiger partial charge in [-0.15, -0.1) is 10.2 Å². The van der Waals surface area contributed by atoms with E-state index < -0.39 is 0 Å². The van der Waals surface area contributed by atoms with Crippen LogP contribution in [0.5, 0.6) is 0 Å². The summed E-state index contributed by atoms with van der Waals surface area (Å²) in [5, 5.41) is 8.55. The van der Waals surface area contributed by atoms with Crippen LogP contribution < -0.4 is 0 Å². The molecule has 0 amide bonds. The highest BCUT2D eigenvalue weighted by atomic mass is 32.2. The molecule has 4 heteroatoms. The Morgan fingerprint density at radius 3 is 2.75 bits per heavy atom. The van der Waals surface area contributed by atoms with E-state index in [1.54, 1.807) is 0 Å². The van der Waals surface area contributed by atoms with Crippen molar-refractivity contribution in [1.82, 2.24) is 10.2 Å². The number of aromatic nitrogens is 2. The Morgan fingerprint density at radius 1 is 1.31 bits per heavy atom. The summed E-state index contributed by atoms with van der Waals surface area (Å²) in [6.45, 7) is 5.80. The SMILES string of the molecule is C=C(C)CSc1nnc(-c2ccccc2)o1. The molecule has 0 spiro atoms. The van der Waals surface area contributed by atoms with E-state index >= 15 is 0 Å². The van der Waals surface area contributed by atoms with E-state index in [2.05, 4.69) is 16.8 Å². The second-order valence-corrected chi connectivity index (χ2v) is 4.41. The van der Waals surface area contributed by atoms with Gasteiger partial charge in [-0.2, -0.15) is 0 Å². The lowest BCUT2D eigenvalue weighted by Gasteiger charge is -1.94. The van der Waals surface area contributed by atoms with E-state index in [0.29, 0.717) is 11.1 Å². The second kappa shape index (κ2) is 4.99.